The first-order chi connectivity index (χ1) is 11.4. The van der Waals surface area contributed by atoms with Crippen LogP contribution in [0.3, 0.4) is 0 Å². The maximum absolute atomic E-state index is 12.8. The molecule has 0 bridgehead atoms. The summed E-state index contributed by atoms with van der Waals surface area (Å²) in [7, 11) is -0.315. The zero-order chi connectivity index (χ0) is 17.3. The average molecular weight is 347 g/mol. The Morgan fingerprint density at radius 2 is 2.00 bits per heavy atom. The van der Waals surface area contributed by atoms with Crippen molar-refractivity contribution in [1.82, 2.24) is 9.29 Å². The molecule has 2 aromatic rings. The van der Waals surface area contributed by atoms with Gasteiger partial charge in [0.25, 0.3) is 0 Å². The number of hydrogen-bond acceptors (Lipinski definition) is 5. The van der Waals surface area contributed by atoms with Crippen molar-refractivity contribution in [2.24, 2.45) is 0 Å². The van der Waals surface area contributed by atoms with Crippen LogP contribution in [0, 0.1) is 6.92 Å². The molecule has 0 saturated carbocycles. The molecular weight excluding hydrogens is 326 g/mol. The molecule has 1 aliphatic rings. The third kappa shape index (κ3) is 2.97. The lowest BCUT2D eigenvalue weighted by atomic mass is 10.1. The number of aromatic nitrogens is 1. The Morgan fingerprint density at radius 1 is 1.25 bits per heavy atom. The first-order valence-electron chi connectivity index (χ1n) is 7.72. The zero-order valence-corrected chi connectivity index (χ0v) is 14.8. The van der Waals surface area contributed by atoms with Crippen molar-refractivity contribution in [2.75, 3.05) is 32.1 Å². The molecule has 0 spiro atoms. The Labute approximate surface area is 142 Å². The van der Waals surface area contributed by atoms with Crippen LogP contribution in [-0.4, -0.2) is 51.0 Å². The Bertz CT molecular complexity index is 818. The van der Waals surface area contributed by atoms with E-state index in [1.54, 1.807) is 38.6 Å². The van der Waals surface area contributed by atoms with Crippen LogP contribution in [0.2, 0.25) is 0 Å². The largest absolute Gasteiger partial charge is 0.496 e. The number of aryl methyl sites for hydroxylation is 1. The number of nitrogens with zero attached hydrogens (tertiary/aromatic N) is 3. The van der Waals surface area contributed by atoms with Crippen LogP contribution in [0.4, 0.5) is 5.82 Å². The number of rotatable bonds is 5. The van der Waals surface area contributed by atoms with Gasteiger partial charge in [0.1, 0.15) is 11.6 Å². The Hall–Kier alpha value is -2.12. The number of benzene rings is 1. The van der Waals surface area contributed by atoms with E-state index in [4.69, 9.17) is 4.74 Å². The summed E-state index contributed by atoms with van der Waals surface area (Å²) in [6.07, 6.45) is 1.74. The lowest BCUT2D eigenvalue weighted by Crippen LogP contribution is -2.60. The number of methoxy groups -OCH3 is 1. The Balaban J connectivity index is 1.73. The van der Waals surface area contributed by atoms with E-state index >= 15 is 0 Å². The summed E-state index contributed by atoms with van der Waals surface area (Å²) in [6.45, 7) is 3.12. The van der Waals surface area contributed by atoms with E-state index in [1.165, 1.54) is 4.31 Å². The lowest BCUT2D eigenvalue weighted by Gasteiger charge is -2.43. The molecule has 0 radical (unpaired) electrons. The molecule has 24 heavy (non-hydrogen) atoms. The zero-order valence-electron chi connectivity index (χ0n) is 14.0. The van der Waals surface area contributed by atoms with Gasteiger partial charge >= 0.3 is 0 Å². The van der Waals surface area contributed by atoms with Gasteiger partial charge in [-0.1, -0.05) is 6.07 Å². The van der Waals surface area contributed by atoms with Crippen molar-refractivity contribution < 1.29 is 13.2 Å². The number of ether oxygens (including phenoxy) is 1. The van der Waals surface area contributed by atoms with Crippen molar-refractivity contribution >= 4 is 15.8 Å². The van der Waals surface area contributed by atoms with E-state index in [9.17, 15) is 8.42 Å². The van der Waals surface area contributed by atoms with E-state index < -0.39 is 10.0 Å². The molecule has 1 aromatic heterocycles. The molecular formula is C17H21N3O3S. The van der Waals surface area contributed by atoms with Crippen LogP contribution < -0.4 is 9.64 Å². The second-order valence-corrected chi connectivity index (χ2v) is 7.90. The Morgan fingerprint density at radius 3 is 2.58 bits per heavy atom. The highest BCUT2D eigenvalue weighted by Gasteiger charge is 2.37. The SMILES string of the molecule is COc1ccc(S(=O)(=O)N(C)C2CN(c3ccccn3)C2)cc1C. The molecule has 0 amide bonds. The van der Waals surface area contributed by atoms with E-state index in [-0.39, 0.29) is 6.04 Å². The normalized spacial score (nSPS) is 15.4. The van der Waals surface area contributed by atoms with Crippen LogP contribution >= 0.6 is 0 Å². The van der Waals surface area contributed by atoms with E-state index in [0.717, 1.165) is 11.4 Å². The second kappa shape index (κ2) is 6.41. The van der Waals surface area contributed by atoms with Gasteiger partial charge in [0, 0.05) is 26.3 Å². The molecule has 1 saturated heterocycles. The van der Waals surface area contributed by atoms with Crippen LogP contribution in [0.1, 0.15) is 5.56 Å². The minimum Gasteiger partial charge on any atom is -0.496 e. The summed E-state index contributed by atoms with van der Waals surface area (Å²) in [4.78, 5) is 6.65. The van der Waals surface area contributed by atoms with Gasteiger partial charge in [-0.3, -0.25) is 0 Å². The van der Waals surface area contributed by atoms with Crippen LogP contribution in [-0.2, 0) is 10.0 Å². The number of hydrogen-bond donors (Lipinski definition) is 0. The number of anilines is 1. The third-order valence-electron chi connectivity index (χ3n) is 4.39. The molecule has 0 atom stereocenters. The number of likely N-dealkylation sites (N-methyl/N-ethyl adjacent to an activating group) is 1. The third-order valence-corrected chi connectivity index (χ3v) is 6.30. The molecule has 128 valence electrons. The van der Waals surface area contributed by atoms with Gasteiger partial charge in [-0.05, 0) is 42.8 Å². The molecule has 7 heteroatoms. The summed E-state index contributed by atoms with van der Waals surface area (Å²) in [6, 6.07) is 10.6. The molecule has 0 unspecified atom stereocenters. The van der Waals surface area contributed by atoms with Gasteiger partial charge in [-0.2, -0.15) is 4.31 Å². The molecule has 0 N–H and O–H groups in total. The van der Waals surface area contributed by atoms with Crippen LogP contribution in [0.15, 0.2) is 47.5 Å². The summed E-state index contributed by atoms with van der Waals surface area (Å²) in [5.74, 6) is 1.56. The van der Waals surface area contributed by atoms with Gasteiger partial charge < -0.3 is 9.64 Å². The quantitative estimate of drug-likeness (QED) is 0.827. The number of sulfonamides is 1. The van der Waals surface area contributed by atoms with E-state index in [2.05, 4.69) is 9.88 Å². The van der Waals surface area contributed by atoms with Crippen molar-refractivity contribution in [3.63, 3.8) is 0 Å². The predicted octanol–water partition coefficient (Wildman–Crippen LogP) is 1.91. The standard InChI is InChI=1S/C17H21N3O3S/c1-13-10-15(7-8-16(13)23-3)24(21,22)19(2)14-11-20(12-14)17-6-4-5-9-18-17/h4-10,14H,11-12H2,1-3H3. The van der Waals surface area contributed by atoms with Crippen molar-refractivity contribution in [3.05, 3.63) is 48.2 Å². The maximum Gasteiger partial charge on any atom is 0.243 e. The van der Waals surface area contributed by atoms with Crippen LogP contribution in [0.25, 0.3) is 0 Å². The minimum atomic E-state index is -3.52. The molecule has 1 aromatic carbocycles. The van der Waals surface area contributed by atoms with Gasteiger partial charge in [-0.15, -0.1) is 0 Å². The fourth-order valence-corrected chi connectivity index (χ4v) is 4.21. The average Bonchev–Trinajstić information content (AvgIpc) is 2.54. The highest BCUT2D eigenvalue weighted by Crippen LogP contribution is 2.27. The molecule has 3 rings (SSSR count). The van der Waals surface area contributed by atoms with Gasteiger partial charge in [-0.25, -0.2) is 13.4 Å². The number of pyridine rings is 1. The van der Waals surface area contributed by atoms with Crippen LogP contribution in [0.5, 0.6) is 5.75 Å². The predicted molar refractivity (Wildman–Crippen MR) is 92.9 cm³/mol. The smallest absolute Gasteiger partial charge is 0.243 e. The highest BCUT2D eigenvalue weighted by molar-refractivity contribution is 7.89. The molecule has 0 aliphatic carbocycles. The maximum atomic E-state index is 12.8. The summed E-state index contributed by atoms with van der Waals surface area (Å²) in [5, 5.41) is 0. The highest BCUT2D eigenvalue weighted by atomic mass is 32.2. The van der Waals surface area contributed by atoms with Gasteiger partial charge in [0.2, 0.25) is 10.0 Å². The first-order valence-corrected chi connectivity index (χ1v) is 9.16. The summed E-state index contributed by atoms with van der Waals surface area (Å²) < 4.78 is 32.3. The Kier molecular flexibility index (Phi) is 4.47. The van der Waals surface area contributed by atoms with Crippen molar-refractivity contribution in [2.45, 2.75) is 17.9 Å². The minimum absolute atomic E-state index is 0.0561. The molecule has 1 aliphatic heterocycles. The first kappa shape index (κ1) is 16.7. The lowest BCUT2D eigenvalue weighted by molar-refractivity contribution is 0.309. The summed E-state index contributed by atoms with van der Waals surface area (Å²) >= 11 is 0. The second-order valence-electron chi connectivity index (χ2n) is 5.90. The summed E-state index contributed by atoms with van der Waals surface area (Å²) in [5.41, 5.74) is 0.802. The van der Waals surface area contributed by atoms with Gasteiger partial charge in [0.05, 0.1) is 18.0 Å². The monoisotopic (exact) mass is 347 g/mol. The van der Waals surface area contributed by atoms with Gasteiger partial charge in [0.15, 0.2) is 0 Å². The fourth-order valence-electron chi connectivity index (χ4n) is 2.79. The topological polar surface area (TPSA) is 62.7 Å². The van der Waals surface area contributed by atoms with Crippen molar-refractivity contribution in [1.29, 1.82) is 0 Å². The molecule has 1 fully saturated rings. The van der Waals surface area contributed by atoms with Crippen molar-refractivity contribution in [3.8, 4) is 5.75 Å². The molecule has 2 heterocycles. The molecule has 6 nitrogen and oxygen atoms in total. The fraction of sp³-hybridized carbons (Fsp3) is 0.353. The van der Waals surface area contributed by atoms with E-state index in [1.807, 2.05) is 25.1 Å². The van der Waals surface area contributed by atoms with E-state index in [0.29, 0.717) is 23.7 Å².